The van der Waals surface area contributed by atoms with Crippen molar-refractivity contribution in [2.24, 2.45) is 4.99 Å². The van der Waals surface area contributed by atoms with Gasteiger partial charge in [0.05, 0.1) is 29.1 Å². The van der Waals surface area contributed by atoms with Crippen LogP contribution in [0.25, 0.3) is 5.69 Å². The molecule has 1 aliphatic heterocycles. The van der Waals surface area contributed by atoms with Crippen molar-refractivity contribution in [2.75, 3.05) is 7.11 Å². The number of alkyl halides is 3. The summed E-state index contributed by atoms with van der Waals surface area (Å²) in [5.41, 5.74) is -0.835. The van der Waals surface area contributed by atoms with E-state index in [2.05, 4.69) is 15.2 Å². The number of methoxy groups -OCH3 is 1. The van der Waals surface area contributed by atoms with E-state index in [1.165, 1.54) is 25.3 Å². The molecular formula is C19H13ClF4N4O. The Hall–Kier alpha value is -2.94. The summed E-state index contributed by atoms with van der Waals surface area (Å²) in [6.45, 7) is 1.64. The minimum absolute atomic E-state index is 0.0147. The molecule has 0 spiro atoms. The maximum absolute atomic E-state index is 14.7. The molecule has 0 fully saturated rings. The molecule has 0 saturated carbocycles. The van der Waals surface area contributed by atoms with Gasteiger partial charge in [-0.15, -0.1) is 10.2 Å². The van der Waals surface area contributed by atoms with Gasteiger partial charge in [0.15, 0.2) is 5.82 Å². The lowest BCUT2D eigenvalue weighted by Crippen LogP contribution is -2.15. The number of benzene rings is 2. The van der Waals surface area contributed by atoms with Crippen LogP contribution in [-0.2, 0) is 12.7 Å². The van der Waals surface area contributed by atoms with Crippen LogP contribution in [0.5, 0.6) is 5.75 Å². The average molecular weight is 425 g/mol. The summed E-state index contributed by atoms with van der Waals surface area (Å²) >= 11 is 6.23. The van der Waals surface area contributed by atoms with E-state index >= 15 is 0 Å². The summed E-state index contributed by atoms with van der Waals surface area (Å²) in [4.78, 5) is 4.36. The molecule has 1 aliphatic rings. The Labute approximate surface area is 167 Å². The lowest BCUT2D eigenvalue weighted by Gasteiger charge is -2.18. The fraction of sp³-hybridized carbons (Fsp3) is 0.211. The van der Waals surface area contributed by atoms with Gasteiger partial charge in [0, 0.05) is 11.1 Å². The number of ether oxygens (including phenoxy) is 1. The zero-order valence-corrected chi connectivity index (χ0v) is 15.9. The van der Waals surface area contributed by atoms with Crippen LogP contribution in [0.2, 0.25) is 5.02 Å². The summed E-state index contributed by atoms with van der Waals surface area (Å²) in [5, 5.41) is 7.42. The highest BCUT2D eigenvalue weighted by atomic mass is 35.5. The highest BCUT2D eigenvalue weighted by Crippen LogP contribution is 2.41. The van der Waals surface area contributed by atoms with Gasteiger partial charge in [-0.25, -0.2) is 4.39 Å². The smallest absolute Gasteiger partial charge is 0.417 e. The third-order valence-electron chi connectivity index (χ3n) is 4.60. The van der Waals surface area contributed by atoms with Crippen molar-refractivity contribution in [1.29, 1.82) is 0 Å². The maximum Gasteiger partial charge on any atom is 0.417 e. The second-order valence-electron chi connectivity index (χ2n) is 6.33. The van der Waals surface area contributed by atoms with Crippen molar-refractivity contribution in [1.82, 2.24) is 14.8 Å². The highest BCUT2D eigenvalue weighted by Gasteiger charge is 2.37. The highest BCUT2D eigenvalue weighted by molar-refractivity contribution is 6.37. The van der Waals surface area contributed by atoms with Crippen molar-refractivity contribution in [3.63, 3.8) is 0 Å². The maximum atomic E-state index is 14.7. The van der Waals surface area contributed by atoms with E-state index in [0.29, 0.717) is 23.1 Å². The number of hydrogen-bond donors (Lipinski definition) is 0. The third-order valence-corrected chi connectivity index (χ3v) is 4.99. The Bertz CT molecular complexity index is 1150. The van der Waals surface area contributed by atoms with Crippen LogP contribution in [0.1, 0.15) is 28.3 Å². The molecule has 29 heavy (non-hydrogen) atoms. The summed E-state index contributed by atoms with van der Waals surface area (Å²) in [5.74, 6) is 0.504. The van der Waals surface area contributed by atoms with Crippen LogP contribution in [0.3, 0.4) is 0 Å². The van der Waals surface area contributed by atoms with Gasteiger partial charge in [0.25, 0.3) is 0 Å². The number of aromatic nitrogens is 3. The summed E-state index contributed by atoms with van der Waals surface area (Å²) in [6.07, 6.45) is -4.69. The number of nitrogens with zero attached hydrogens (tertiary/aromatic N) is 4. The molecule has 0 aliphatic carbocycles. The van der Waals surface area contributed by atoms with Crippen LogP contribution < -0.4 is 4.74 Å². The standard InChI is InChI=1S/C19H13ClF4N4O/c1-9-26-27-15-8-25-18(11-7-10(29-2)3-5-13(11)21)16-14(28(9)15)6-4-12(17(16)20)19(22,23)24/h3-7H,8H2,1-2H3. The van der Waals surface area contributed by atoms with Crippen LogP contribution >= 0.6 is 11.6 Å². The van der Waals surface area contributed by atoms with Gasteiger partial charge < -0.3 is 4.74 Å². The van der Waals surface area contributed by atoms with Gasteiger partial charge in [0.2, 0.25) is 0 Å². The van der Waals surface area contributed by atoms with Gasteiger partial charge in [-0.3, -0.25) is 9.56 Å². The van der Waals surface area contributed by atoms with Crippen LogP contribution in [0.15, 0.2) is 35.3 Å². The fourth-order valence-corrected chi connectivity index (χ4v) is 3.64. The Morgan fingerprint density at radius 2 is 1.90 bits per heavy atom. The molecule has 1 aromatic heterocycles. The molecule has 0 unspecified atom stereocenters. The van der Waals surface area contributed by atoms with Gasteiger partial charge in [0.1, 0.15) is 23.9 Å². The zero-order chi connectivity index (χ0) is 20.9. The zero-order valence-electron chi connectivity index (χ0n) is 15.2. The summed E-state index contributed by atoms with van der Waals surface area (Å²) in [7, 11) is 1.40. The minimum Gasteiger partial charge on any atom is -0.497 e. The van der Waals surface area contributed by atoms with E-state index in [4.69, 9.17) is 16.3 Å². The lowest BCUT2D eigenvalue weighted by molar-refractivity contribution is -0.137. The van der Waals surface area contributed by atoms with E-state index in [0.717, 1.165) is 12.1 Å². The van der Waals surface area contributed by atoms with E-state index in [1.807, 2.05) is 0 Å². The number of fused-ring (bicyclic) bond motifs is 3. The predicted octanol–water partition coefficient (Wildman–Crippen LogP) is 4.75. The topological polar surface area (TPSA) is 52.3 Å². The molecule has 10 heteroatoms. The third kappa shape index (κ3) is 3.15. The first-order chi connectivity index (χ1) is 13.7. The summed E-state index contributed by atoms with van der Waals surface area (Å²) in [6, 6.07) is 6.09. The predicted molar refractivity (Wildman–Crippen MR) is 98.4 cm³/mol. The van der Waals surface area contributed by atoms with Crippen molar-refractivity contribution in [3.05, 3.63) is 69.5 Å². The molecule has 0 atom stereocenters. The number of hydrogen-bond acceptors (Lipinski definition) is 4. The Kier molecular flexibility index (Phi) is 4.57. The number of rotatable bonds is 2. The second kappa shape index (κ2) is 6.84. The summed E-state index contributed by atoms with van der Waals surface area (Å²) < 4.78 is 61.9. The number of aliphatic imine (C=N–C) groups is 1. The van der Waals surface area contributed by atoms with E-state index in [1.54, 1.807) is 11.5 Å². The Balaban J connectivity index is 2.08. The Morgan fingerprint density at radius 3 is 2.59 bits per heavy atom. The first-order valence-electron chi connectivity index (χ1n) is 8.42. The normalized spacial score (nSPS) is 13.4. The second-order valence-corrected chi connectivity index (χ2v) is 6.71. The molecule has 0 saturated heterocycles. The van der Waals surface area contributed by atoms with E-state index in [-0.39, 0.29) is 23.4 Å². The fourth-order valence-electron chi connectivity index (χ4n) is 3.28. The van der Waals surface area contributed by atoms with Crippen LogP contribution in [-0.4, -0.2) is 27.6 Å². The molecule has 3 aromatic rings. The van der Waals surface area contributed by atoms with E-state index < -0.39 is 22.6 Å². The monoisotopic (exact) mass is 424 g/mol. The minimum atomic E-state index is -4.69. The molecule has 0 radical (unpaired) electrons. The van der Waals surface area contributed by atoms with Gasteiger partial charge >= 0.3 is 6.18 Å². The first-order valence-corrected chi connectivity index (χ1v) is 8.80. The molecule has 2 aromatic carbocycles. The van der Waals surface area contributed by atoms with Gasteiger partial charge in [-0.1, -0.05) is 11.6 Å². The Morgan fingerprint density at radius 1 is 1.14 bits per heavy atom. The SMILES string of the molecule is COc1ccc(F)c(C2=NCc3nnc(C)n3-c3ccc(C(F)(F)F)c(Cl)c32)c1. The van der Waals surface area contributed by atoms with Crippen LogP contribution in [0.4, 0.5) is 17.6 Å². The molecule has 0 amide bonds. The molecule has 0 bridgehead atoms. The van der Waals surface area contributed by atoms with Crippen LogP contribution in [0, 0.1) is 12.7 Å². The van der Waals surface area contributed by atoms with Crippen molar-refractivity contribution in [3.8, 4) is 11.4 Å². The first kappa shape index (κ1) is 19.4. The number of aryl methyl sites for hydroxylation is 1. The van der Waals surface area contributed by atoms with E-state index in [9.17, 15) is 17.6 Å². The molecular weight excluding hydrogens is 412 g/mol. The van der Waals surface area contributed by atoms with Gasteiger partial charge in [-0.2, -0.15) is 13.2 Å². The molecule has 5 nitrogen and oxygen atoms in total. The molecule has 2 heterocycles. The quantitative estimate of drug-likeness (QED) is 0.558. The average Bonchev–Trinajstić information content (AvgIpc) is 2.94. The molecule has 4 rings (SSSR count). The largest absolute Gasteiger partial charge is 0.497 e. The van der Waals surface area contributed by atoms with Gasteiger partial charge in [-0.05, 0) is 37.3 Å². The molecule has 0 N–H and O–H groups in total. The lowest BCUT2D eigenvalue weighted by atomic mass is 9.97. The molecule has 150 valence electrons. The van der Waals surface area contributed by atoms with Crippen molar-refractivity contribution >= 4 is 17.3 Å². The van der Waals surface area contributed by atoms with Crippen molar-refractivity contribution < 1.29 is 22.3 Å². The van der Waals surface area contributed by atoms with Crippen molar-refractivity contribution in [2.45, 2.75) is 19.6 Å². The number of halogens is 5.